The van der Waals surface area contributed by atoms with Crippen molar-refractivity contribution >= 4 is 16.6 Å². The van der Waals surface area contributed by atoms with Crippen molar-refractivity contribution in [2.24, 2.45) is 5.73 Å². The monoisotopic (exact) mass is 482 g/mol. The summed E-state index contributed by atoms with van der Waals surface area (Å²) in [6, 6.07) is 8.75. The van der Waals surface area contributed by atoms with Crippen LogP contribution in [0.5, 0.6) is 5.75 Å². The van der Waals surface area contributed by atoms with Gasteiger partial charge in [-0.05, 0) is 55.0 Å². The van der Waals surface area contributed by atoms with Crippen molar-refractivity contribution < 1.29 is 17.9 Å². The summed E-state index contributed by atoms with van der Waals surface area (Å²) in [5.74, 6) is 1.60. The zero-order valence-corrected chi connectivity index (χ0v) is 19.2. The van der Waals surface area contributed by atoms with E-state index in [1.54, 1.807) is 17.6 Å². The van der Waals surface area contributed by atoms with Gasteiger partial charge in [0.2, 0.25) is 0 Å². The van der Waals surface area contributed by atoms with Crippen LogP contribution in [0.3, 0.4) is 0 Å². The molecule has 35 heavy (non-hydrogen) atoms. The second-order valence-corrected chi connectivity index (χ2v) is 9.43. The maximum absolute atomic E-state index is 14.2. The van der Waals surface area contributed by atoms with E-state index in [0.717, 1.165) is 35.1 Å². The number of nitrogens with two attached hydrogens (primary N) is 1. The third-order valence-corrected chi connectivity index (χ3v) is 6.97. The molecule has 0 bridgehead atoms. The van der Waals surface area contributed by atoms with Crippen molar-refractivity contribution in [3.05, 3.63) is 53.7 Å². The summed E-state index contributed by atoms with van der Waals surface area (Å²) in [6.45, 7) is 0.506. The van der Waals surface area contributed by atoms with Gasteiger partial charge in [-0.15, -0.1) is 10.2 Å². The highest BCUT2D eigenvalue weighted by Crippen LogP contribution is 2.47. The number of methoxy groups -OCH3 is 1. The van der Waals surface area contributed by atoms with Crippen LogP contribution in [0.2, 0.25) is 0 Å². The summed E-state index contributed by atoms with van der Waals surface area (Å²) in [5, 5.41) is 9.45. The number of halogens is 3. The normalized spacial score (nSPS) is 20.1. The zero-order valence-electron chi connectivity index (χ0n) is 19.2. The van der Waals surface area contributed by atoms with Crippen molar-refractivity contribution in [3.63, 3.8) is 0 Å². The molecule has 4 aromatic rings. The van der Waals surface area contributed by atoms with Crippen LogP contribution in [0.4, 0.5) is 13.2 Å². The van der Waals surface area contributed by atoms with E-state index in [0.29, 0.717) is 36.0 Å². The fourth-order valence-corrected chi connectivity index (χ4v) is 5.16. The topological polar surface area (TPSA) is 81.6 Å². The smallest absolute Gasteiger partial charge is 0.408 e. The number of ether oxygens (including phenoxy) is 1. The van der Waals surface area contributed by atoms with Crippen LogP contribution < -0.4 is 10.5 Å². The number of nitrogens with zero attached hydrogens (tertiary/aromatic N) is 5. The lowest BCUT2D eigenvalue weighted by Crippen LogP contribution is -2.38. The number of likely N-dealkylation sites (tertiary alicyclic amines) is 1. The molecule has 1 aliphatic carbocycles. The maximum Gasteiger partial charge on any atom is 0.408 e. The molecule has 2 atom stereocenters. The Morgan fingerprint density at radius 1 is 1.06 bits per heavy atom. The van der Waals surface area contributed by atoms with Gasteiger partial charge in [0.25, 0.3) is 0 Å². The molecule has 1 aromatic carbocycles. The molecule has 4 heterocycles. The Balaban J connectivity index is 1.47. The third kappa shape index (κ3) is 3.90. The van der Waals surface area contributed by atoms with Crippen LogP contribution in [0, 0.1) is 0 Å². The Morgan fingerprint density at radius 2 is 1.86 bits per heavy atom. The lowest BCUT2D eigenvalue weighted by Gasteiger charge is -2.30. The predicted molar refractivity (Wildman–Crippen MR) is 125 cm³/mol. The van der Waals surface area contributed by atoms with E-state index in [9.17, 15) is 13.2 Å². The highest BCUT2D eigenvalue weighted by atomic mass is 19.4. The van der Waals surface area contributed by atoms with E-state index in [-0.39, 0.29) is 18.2 Å². The lowest BCUT2D eigenvalue weighted by atomic mass is 10.0. The molecule has 1 aliphatic heterocycles. The van der Waals surface area contributed by atoms with Crippen LogP contribution in [0.25, 0.3) is 28.1 Å². The molecular formula is C25H25F3N6O. The number of hydrogen-bond donors (Lipinski definition) is 1. The first kappa shape index (κ1) is 22.2. The lowest BCUT2D eigenvalue weighted by molar-refractivity contribution is -0.183. The Hall–Kier alpha value is -3.24. The summed E-state index contributed by atoms with van der Waals surface area (Å²) in [7, 11) is 1.65. The Bertz CT molecular complexity index is 1410. The molecule has 0 spiro atoms. The number of pyridine rings is 2. The molecular weight excluding hydrogens is 457 g/mol. The summed E-state index contributed by atoms with van der Waals surface area (Å²) in [4.78, 5) is 6.30. The van der Waals surface area contributed by atoms with Crippen molar-refractivity contribution in [1.82, 2.24) is 24.5 Å². The van der Waals surface area contributed by atoms with Gasteiger partial charge in [0, 0.05) is 36.3 Å². The first-order valence-corrected chi connectivity index (χ1v) is 11.7. The Morgan fingerprint density at radius 3 is 2.54 bits per heavy atom. The average Bonchev–Trinajstić information content (AvgIpc) is 3.45. The highest BCUT2D eigenvalue weighted by Gasteiger charge is 2.46. The predicted octanol–water partition coefficient (Wildman–Crippen LogP) is 4.47. The molecule has 1 saturated carbocycles. The fourth-order valence-electron chi connectivity index (χ4n) is 5.16. The third-order valence-electron chi connectivity index (χ3n) is 6.97. The van der Waals surface area contributed by atoms with Gasteiger partial charge in [-0.2, -0.15) is 13.2 Å². The van der Waals surface area contributed by atoms with Gasteiger partial charge in [-0.3, -0.25) is 9.30 Å². The number of benzene rings is 1. The van der Waals surface area contributed by atoms with Gasteiger partial charge in [0.1, 0.15) is 17.5 Å². The van der Waals surface area contributed by atoms with Gasteiger partial charge in [-0.25, -0.2) is 4.98 Å². The molecule has 0 radical (unpaired) electrons. The Kier molecular flexibility index (Phi) is 5.19. The van der Waals surface area contributed by atoms with Crippen LogP contribution in [-0.4, -0.2) is 56.9 Å². The Labute approximate surface area is 199 Å². The minimum absolute atomic E-state index is 0.126. The molecule has 0 unspecified atom stereocenters. The quantitative estimate of drug-likeness (QED) is 0.452. The molecule has 0 amide bonds. The molecule has 2 N–H and O–H groups in total. The fraction of sp³-hybridized carbons (Fsp3) is 0.400. The standard InChI is InChI=1S/C25H25F3N6O/c1-35-19-8-5-15-4-7-18(30-22(15)21(19)14-2-3-14)24-32-31-20-9-6-16(12-34(20)24)23(25(26,27)28)33-11-10-17(29)13-33/h4-9,12,14,17,23H,2-3,10-11,13,29H2,1H3/t17-,23+/m0/s1. The average molecular weight is 483 g/mol. The summed E-state index contributed by atoms with van der Waals surface area (Å²) in [6.07, 6.45) is -0.259. The van der Waals surface area contributed by atoms with Crippen molar-refractivity contribution in [1.29, 1.82) is 0 Å². The molecule has 10 heteroatoms. The second kappa shape index (κ2) is 8.17. The molecule has 182 valence electrons. The van der Waals surface area contributed by atoms with E-state index >= 15 is 0 Å². The number of aromatic nitrogens is 4. The minimum Gasteiger partial charge on any atom is -0.496 e. The van der Waals surface area contributed by atoms with E-state index in [2.05, 4.69) is 10.2 Å². The van der Waals surface area contributed by atoms with Crippen molar-refractivity contribution in [3.8, 4) is 17.3 Å². The molecule has 3 aromatic heterocycles. The number of fused-ring (bicyclic) bond motifs is 2. The molecule has 2 fully saturated rings. The minimum atomic E-state index is -4.44. The van der Waals surface area contributed by atoms with Gasteiger partial charge >= 0.3 is 6.18 Å². The van der Waals surface area contributed by atoms with Gasteiger partial charge in [0.05, 0.1) is 12.6 Å². The van der Waals surface area contributed by atoms with Crippen molar-refractivity contribution in [2.45, 2.75) is 43.4 Å². The van der Waals surface area contributed by atoms with Crippen LogP contribution in [-0.2, 0) is 0 Å². The van der Waals surface area contributed by atoms with Crippen LogP contribution in [0.1, 0.15) is 42.3 Å². The van der Waals surface area contributed by atoms with E-state index < -0.39 is 12.2 Å². The largest absolute Gasteiger partial charge is 0.496 e. The zero-order chi connectivity index (χ0) is 24.3. The first-order chi connectivity index (χ1) is 16.8. The second-order valence-electron chi connectivity index (χ2n) is 9.43. The number of hydrogen-bond acceptors (Lipinski definition) is 6. The molecule has 6 rings (SSSR count). The number of alkyl halides is 3. The van der Waals surface area contributed by atoms with Gasteiger partial charge < -0.3 is 10.5 Å². The summed E-state index contributed by atoms with van der Waals surface area (Å²) in [5.41, 5.74) is 8.94. The van der Waals surface area contributed by atoms with Crippen LogP contribution >= 0.6 is 0 Å². The van der Waals surface area contributed by atoms with E-state index in [1.165, 1.54) is 17.2 Å². The highest BCUT2D eigenvalue weighted by molar-refractivity contribution is 5.87. The number of rotatable bonds is 5. The maximum atomic E-state index is 14.2. The van der Waals surface area contributed by atoms with Crippen molar-refractivity contribution in [2.75, 3.05) is 20.2 Å². The van der Waals surface area contributed by atoms with E-state index in [1.807, 2.05) is 24.3 Å². The summed E-state index contributed by atoms with van der Waals surface area (Å²) >= 11 is 0. The molecule has 2 aliphatic rings. The van der Waals surface area contributed by atoms with Crippen LogP contribution in [0.15, 0.2) is 42.6 Å². The molecule has 7 nitrogen and oxygen atoms in total. The van der Waals surface area contributed by atoms with E-state index in [4.69, 9.17) is 15.5 Å². The summed E-state index contributed by atoms with van der Waals surface area (Å²) < 4.78 is 49.7. The van der Waals surface area contributed by atoms with Gasteiger partial charge in [0.15, 0.2) is 11.5 Å². The molecule has 1 saturated heterocycles. The SMILES string of the molecule is COc1ccc2ccc(-c3nnc4ccc([C@@H](N5CC[C@H](N)C5)C(F)(F)F)cn34)nc2c1C1CC1. The van der Waals surface area contributed by atoms with Gasteiger partial charge in [-0.1, -0.05) is 12.1 Å². The first-order valence-electron chi connectivity index (χ1n) is 11.7.